The Kier molecular flexibility index (Phi) is 3.59. The highest BCUT2D eigenvalue weighted by Crippen LogP contribution is 2.53. The fraction of sp³-hybridized carbons (Fsp3) is 0.429. The van der Waals surface area contributed by atoms with Crippen LogP contribution in [0.1, 0.15) is 23.6 Å². The van der Waals surface area contributed by atoms with Crippen LogP contribution in [-0.4, -0.2) is 17.3 Å². The molecule has 1 N–H and O–H groups in total. The molecule has 23 heavy (non-hydrogen) atoms. The topological polar surface area (TPSA) is 15.8 Å². The first-order valence-electron chi connectivity index (χ1n) is 6.63. The summed E-state index contributed by atoms with van der Waals surface area (Å²) in [6, 6.07) is 1.88. The number of H-pyrrole nitrogens is 1. The average molecular weight is 360 g/mol. The Bertz CT molecular complexity index is 759. The van der Waals surface area contributed by atoms with E-state index in [0.29, 0.717) is 0 Å². The van der Waals surface area contributed by atoms with Gasteiger partial charge in [-0.05, 0) is 30.5 Å². The van der Waals surface area contributed by atoms with Gasteiger partial charge in [-0.15, -0.1) is 0 Å². The summed E-state index contributed by atoms with van der Waals surface area (Å²) in [6.07, 6.45) is -11.0. The quantitative estimate of drug-likeness (QED) is 0.578. The van der Waals surface area contributed by atoms with E-state index in [0.717, 1.165) is 12.1 Å². The van der Waals surface area contributed by atoms with Crippen LogP contribution in [0.2, 0.25) is 5.02 Å². The van der Waals surface area contributed by atoms with E-state index in [4.69, 9.17) is 11.6 Å². The fourth-order valence-electron chi connectivity index (χ4n) is 3.24. The number of alkyl halides is 6. The van der Waals surface area contributed by atoms with E-state index in [1.54, 1.807) is 0 Å². The van der Waals surface area contributed by atoms with Gasteiger partial charge < -0.3 is 4.98 Å². The molecule has 1 nitrogen and oxygen atoms in total. The molecule has 126 valence electrons. The summed E-state index contributed by atoms with van der Waals surface area (Å²) in [5.41, 5.74) is -0.507. The molecule has 2 unspecified atom stereocenters. The molecule has 0 saturated heterocycles. The van der Waals surface area contributed by atoms with E-state index in [9.17, 15) is 30.7 Å². The van der Waals surface area contributed by atoms with Crippen LogP contribution in [-0.2, 0) is 6.42 Å². The fourth-order valence-corrected chi connectivity index (χ4v) is 3.49. The van der Waals surface area contributed by atoms with Crippen LogP contribution in [0.3, 0.4) is 0 Å². The lowest BCUT2D eigenvalue weighted by molar-refractivity contribution is -0.236. The largest absolute Gasteiger partial charge is 0.397 e. The van der Waals surface area contributed by atoms with Gasteiger partial charge in [-0.3, -0.25) is 0 Å². The van der Waals surface area contributed by atoms with Crippen molar-refractivity contribution in [2.24, 2.45) is 5.92 Å². The number of aryl methyl sites for hydroxylation is 1. The van der Waals surface area contributed by atoms with Crippen molar-refractivity contribution in [3.05, 3.63) is 34.2 Å². The van der Waals surface area contributed by atoms with E-state index >= 15 is 0 Å². The summed E-state index contributed by atoms with van der Waals surface area (Å²) < 4.78 is 92.3. The molecule has 3 rings (SSSR count). The van der Waals surface area contributed by atoms with Gasteiger partial charge in [0.2, 0.25) is 0 Å². The van der Waals surface area contributed by atoms with Crippen LogP contribution in [0.5, 0.6) is 0 Å². The molecule has 0 fully saturated rings. The molecule has 2 aromatic rings. The van der Waals surface area contributed by atoms with E-state index < -0.39 is 42.1 Å². The van der Waals surface area contributed by atoms with Crippen molar-refractivity contribution >= 4 is 22.5 Å². The zero-order valence-corrected chi connectivity index (χ0v) is 12.0. The Hall–Kier alpha value is -1.44. The third-order valence-electron chi connectivity index (χ3n) is 4.16. The number of halogens is 8. The van der Waals surface area contributed by atoms with Gasteiger partial charge in [0.05, 0.1) is 16.5 Å². The molecule has 0 saturated carbocycles. The number of hydrogen-bond acceptors (Lipinski definition) is 0. The molecule has 9 heteroatoms. The van der Waals surface area contributed by atoms with Crippen molar-refractivity contribution in [1.82, 2.24) is 4.98 Å². The van der Waals surface area contributed by atoms with E-state index in [1.165, 1.54) is 0 Å². The first kappa shape index (κ1) is 16.4. The molecule has 0 radical (unpaired) electrons. The van der Waals surface area contributed by atoms with Gasteiger partial charge in [0.15, 0.2) is 0 Å². The molecule has 1 aliphatic carbocycles. The summed E-state index contributed by atoms with van der Waals surface area (Å²) in [5, 5.41) is -0.0706. The highest BCUT2D eigenvalue weighted by molar-refractivity contribution is 6.35. The van der Waals surface area contributed by atoms with E-state index in [2.05, 4.69) is 4.98 Å². The zero-order chi connectivity index (χ0) is 17.2. The van der Waals surface area contributed by atoms with Crippen LogP contribution in [0.4, 0.5) is 30.7 Å². The third kappa shape index (κ3) is 2.66. The Morgan fingerprint density at radius 1 is 1.04 bits per heavy atom. The Balaban J connectivity index is 2.26. The monoisotopic (exact) mass is 359 g/mol. The maximum absolute atomic E-state index is 13.4. The van der Waals surface area contributed by atoms with Crippen LogP contribution >= 0.6 is 11.6 Å². The number of rotatable bonds is 0. The average Bonchev–Trinajstić information content (AvgIpc) is 2.74. The van der Waals surface area contributed by atoms with Crippen LogP contribution in [0, 0.1) is 11.7 Å². The van der Waals surface area contributed by atoms with Crippen LogP contribution < -0.4 is 0 Å². The second-order valence-corrected chi connectivity index (χ2v) is 5.94. The van der Waals surface area contributed by atoms with Crippen molar-refractivity contribution in [3.63, 3.8) is 0 Å². The van der Waals surface area contributed by atoms with Gasteiger partial charge in [-0.1, -0.05) is 11.6 Å². The van der Waals surface area contributed by atoms with Gasteiger partial charge >= 0.3 is 12.4 Å². The minimum Gasteiger partial charge on any atom is -0.356 e. The number of aromatic nitrogens is 1. The summed E-state index contributed by atoms with van der Waals surface area (Å²) >= 11 is 5.80. The van der Waals surface area contributed by atoms with Crippen molar-refractivity contribution < 1.29 is 30.7 Å². The minimum atomic E-state index is -5.08. The molecule has 0 spiro atoms. The molecular formula is C14H9ClF7N. The van der Waals surface area contributed by atoms with E-state index in [-0.39, 0.29) is 27.9 Å². The third-order valence-corrected chi connectivity index (χ3v) is 4.45. The predicted molar refractivity (Wildman–Crippen MR) is 69.9 cm³/mol. The molecule has 1 aliphatic rings. The van der Waals surface area contributed by atoms with Gasteiger partial charge in [-0.25, -0.2) is 4.39 Å². The number of benzene rings is 1. The molecule has 1 aromatic heterocycles. The lowest BCUT2D eigenvalue weighted by Crippen LogP contribution is -2.40. The predicted octanol–water partition coefficient (Wildman–Crippen LogP) is 5.73. The van der Waals surface area contributed by atoms with Crippen LogP contribution in [0.25, 0.3) is 10.9 Å². The number of fused-ring (bicyclic) bond motifs is 3. The SMILES string of the molecule is Fc1cc(Cl)c2[nH]c3c(c2c1)CCC(C(F)(F)F)C3C(F)(F)F. The smallest absolute Gasteiger partial charge is 0.356 e. The van der Waals surface area contributed by atoms with Gasteiger partial charge in [0, 0.05) is 11.1 Å². The maximum atomic E-state index is 13.4. The van der Waals surface area contributed by atoms with Crippen molar-refractivity contribution in [2.75, 3.05) is 0 Å². The molecule has 1 aromatic carbocycles. The molecule has 1 heterocycles. The number of hydrogen-bond donors (Lipinski definition) is 1. The first-order chi connectivity index (χ1) is 10.5. The molecule has 0 amide bonds. The number of aromatic amines is 1. The summed E-state index contributed by atoms with van der Waals surface area (Å²) in [4.78, 5) is 2.35. The molecule has 2 atom stereocenters. The van der Waals surface area contributed by atoms with E-state index in [1.807, 2.05) is 0 Å². The highest BCUT2D eigenvalue weighted by Gasteiger charge is 2.58. The Morgan fingerprint density at radius 3 is 2.26 bits per heavy atom. The van der Waals surface area contributed by atoms with Crippen molar-refractivity contribution in [1.29, 1.82) is 0 Å². The lowest BCUT2D eigenvalue weighted by atomic mass is 9.77. The highest BCUT2D eigenvalue weighted by atomic mass is 35.5. The molecular weight excluding hydrogens is 351 g/mol. The first-order valence-corrected chi connectivity index (χ1v) is 7.01. The van der Waals surface area contributed by atoms with Gasteiger partial charge in [-0.2, -0.15) is 26.3 Å². The minimum absolute atomic E-state index is 0.0233. The molecule has 0 aliphatic heterocycles. The van der Waals surface area contributed by atoms with Crippen molar-refractivity contribution in [3.8, 4) is 0 Å². The maximum Gasteiger partial charge on any atom is 0.397 e. The zero-order valence-electron chi connectivity index (χ0n) is 11.2. The van der Waals surface area contributed by atoms with Crippen molar-refractivity contribution in [2.45, 2.75) is 31.1 Å². The second-order valence-electron chi connectivity index (χ2n) is 5.53. The van der Waals surface area contributed by atoms with Crippen LogP contribution in [0.15, 0.2) is 12.1 Å². The Morgan fingerprint density at radius 2 is 1.70 bits per heavy atom. The summed E-state index contributed by atoms with van der Waals surface area (Å²) in [7, 11) is 0. The van der Waals surface area contributed by atoms with Gasteiger partial charge in [0.25, 0.3) is 0 Å². The summed E-state index contributed by atoms with van der Waals surface area (Å²) in [5.74, 6) is -6.00. The molecule has 0 bridgehead atoms. The second kappa shape index (κ2) is 5.03. The lowest BCUT2D eigenvalue weighted by Gasteiger charge is -2.34. The number of nitrogens with one attached hydrogen (secondary N) is 1. The summed E-state index contributed by atoms with van der Waals surface area (Å²) in [6.45, 7) is 0. The normalized spacial score (nSPS) is 22.4. The Labute approximate surface area is 130 Å². The standard InChI is InChI=1S/C14H9ClF7N/c15-9-4-5(16)3-7-6-1-2-8(13(17,18)19)10(14(20,21)22)12(6)23-11(7)9/h3-4,8,10,23H,1-2H2. The van der Waals surface area contributed by atoms with Gasteiger partial charge in [0.1, 0.15) is 11.7 Å².